The van der Waals surface area contributed by atoms with Crippen LogP contribution >= 0.6 is 27.5 Å². The van der Waals surface area contributed by atoms with Crippen LogP contribution in [0.5, 0.6) is 0 Å². The number of hydrogen-bond acceptors (Lipinski definition) is 0. The first-order valence-electron chi connectivity index (χ1n) is 2.71. The molecule has 0 radical (unpaired) electrons. The molecule has 0 spiro atoms. The van der Waals surface area contributed by atoms with Crippen LogP contribution in [0.3, 0.4) is 0 Å². The zero-order valence-corrected chi connectivity index (χ0v) is 7.41. The van der Waals surface area contributed by atoms with E-state index in [4.69, 9.17) is 11.6 Å². The van der Waals surface area contributed by atoms with E-state index < -0.39 is 0 Å². The van der Waals surface area contributed by atoms with E-state index in [1.54, 1.807) is 0 Å². The monoisotopic (exact) mass is 214 g/mol. The van der Waals surface area contributed by atoms with Crippen LogP contribution in [0.4, 0.5) is 0 Å². The normalized spacial score (nSPS) is 8.20. The molecule has 0 aliphatic heterocycles. The summed E-state index contributed by atoms with van der Waals surface area (Å²) in [5, 5.41) is 0.689. The Bertz CT molecular complexity index is 283. The van der Waals surface area contributed by atoms with Crippen LogP contribution in [0.1, 0.15) is 5.56 Å². The first kappa shape index (κ1) is 7.65. The average molecular weight is 215 g/mol. The van der Waals surface area contributed by atoms with E-state index >= 15 is 0 Å². The highest BCUT2D eigenvalue weighted by Crippen LogP contribution is 2.12. The summed E-state index contributed by atoms with van der Waals surface area (Å²) in [5.74, 6) is 2.81. The molecular weight excluding hydrogens is 211 g/mol. The third-order valence-electron chi connectivity index (χ3n) is 1.06. The lowest BCUT2D eigenvalue weighted by molar-refractivity contribution is 1.65. The first-order chi connectivity index (χ1) is 4.84. The van der Waals surface area contributed by atoms with Crippen molar-refractivity contribution < 1.29 is 0 Å². The minimum atomic E-state index is 0.689. The second-order valence-electron chi connectivity index (χ2n) is 1.70. The summed E-state index contributed by atoms with van der Waals surface area (Å²) in [5.41, 5.74) is 0.848. The van der Waals surface area contributed by atoms with Crippen molar-refractivity contribution in [2.75, 3.05) is 0 Å². The maximum atomic E-state index is 5.78. The Morgan fingerprint density at radius 1 is 1.30 bits per heavy atom. The Morgan fingerprint density at radius 2 is 2.00 bits per heavy atom. The Hall–Kier alpha value is -0.450. The fraction of sp³-hybridized carbons (Fsp3) is 0. The summed E-state index contributed by atoms with van der Waals surface area (Å²) < 4.78 is 0. The summed E-state index contributed by atoms with van der Waals surface area (Å²) in [6.07, 6.45) is 0. The molecule has 0 bridgehead atoms. The first-order valence-corrected chi connectivity index (χ1v) is 3.88. The highest BCUT2D eigenvalue weighted by molar-refractivity contribution is 9.12. The molecule has 0 heterocycles. The smallest absolute Gasteiger partial charge is 0.0562 e. The molecule has 2 heteroatoms. The fourth-order valence-electron chi connectivity index (χ4n) is 0.613. The summed E-state index contributed by atoms with van der Waals surface area (Å²) >= 11 is 8.78. The third kappa shape index (κ3) is 1.76. The molecule has 1 rings (SSSR count). The Labute approximate surface area is 73.3 Å². The van der Waals surface area contributed by atoms with Gasteiger partial charge >= 0.3 is 0 Å². The van der Waals surface area contributed by atoms with Crippen molar-refractivity contribution in [1.82, 2.24) is 0 Å². The van der Waals surface area contributed by atoms with E-state index in [0.717, 1.165) is 5.56 Å². The van der Waals surface area contributed by atoms with Crippen molar-refractivity contribution >= 4 is 27.5 Å². The van der Waals surface area contributed by atoms with Crippen LogP contribution in [0.25, 0.3) is 0 Å². The van der Waals surface area contributed by atoms with Gasteiger partial charge in [0.1, 0.15) is 0 Å². The quantitative estimate of drug-likeness (QED) is 0.584. The zero-order valence-electron chi connectivity index (χ0n) is 5.07. The van der Waals surface area contributed by atoms with Crippen LogP contribution in [0, 0.1) is 10.8 Å². The summed E-state index contributed by atoms with van der Waals surface area (Å²) in [6.45, 7) is 0. The van der Waals surface area contributed by atoms with Gasteiger partial charge in [0.2, 0.25) is 0 Å². The van der Waals surface area contributed by atoms with E-state index in [1.165, 1.54) is 0 Å². The van der Waals surface area contributed by atoms with Gasteiger partial charge in [-0.3, -0.25) is 0 Å². The predicted molar refractivity (Wildman–Crippen MR) is 47.3 cm³/mol. The van der Waals surface area contributed by atoms with Crippen molar-refractivity contribution in [3.8, 4) is 10.8 Å². The Balaban J connectivity index is 3.11. The van der Waals surface area contributed by atoms with Crippen LogP contribution < -0.4 is 0 Å². The minimum Gasteiger partial charge on any atom is -0.0830 e. The number of rotatable bonds is 0. The lowest BCUT2D eigenvalue weighted by Crippen LogP contribution is -1.72. The largest absolute Gasteiger partial charge is 0.0830 e. The molecule has 0 amide bonds. The highest BCUT2D eigenvalue weighted by atomic mass is 79.9. The molecule has 0 aliphatic rings. The van der Waals surface area contributed by atoms with Crippen molar-refractivity contribution in [3.05, 3.63) is 34.9 Å². The van der Waals surface area contributed by atoms with E-state index in [2.05, 4.69) is 26.7 Å². The molecule has 0 saturated heterocycles. The van der Waals surface area contributed by atoms with Crippen molar-refractivity contribution in [3.63, 3.8) is 0 Å². The van der Waals surface area contributed by atoms with Gasteiger partial charge in [-0.05, 0) is 17.0 Å². The molecule has 0 atom stereocenters. The van der Waals surface area contributed by atoms with E-state index in [0.29, 0.717) is 5.02 Å². The topological polar surface area (TPSA) is 0 Å². The van der Waals surface area contributed by atoms with Gasteiger partial charge in [-0.15, -0.1) is 0 Å². The predicted octanol–water partition coefficient (Wildman–Crippen LogP) is 3.04. The second-order valence-corrected chi connectivity index (χ2v) is 2.50. The zero-order chi connectivity index (χ0) is 7.40. The van der Waals surface area contributed by atoms with Crippen molar-refractivity contribution in [1.29, 1.82) is 0 Å². The van der Waals surface area contributed by atoms with E-state index in [9.17, 15) is 0 Å². The van der Waals surface area contributed by atoms with Crippen LogP contribution in [0.2, 0.25) is 5.02 Å². The van der Waals surface area contributed by atoms with Gasteiger partial charge in [-0.1, -0.05) is 29.7 Å². The van der Waals surface area contributed by atoms with Gasteiger partial charge in [-0.2, -0.15) is 0 Å². The molecule has 0 nitrogen and oxygen atoms in total. The third-order valence-corrected chi connectivity index (χ3v) is 1.58. The molecule has 0 aromatic heterocycles. The van der Waals surface area contributed by atoms with Gasteiger partial charge in [0.25, 0.3) is 0 Å². The number of hydrogen-bond donors (Lipinski definition) is 0. The second kappa shape index (κ2) is 3.65. The molecule has 0 aliphatic carbocycles. The standard InChI is InChI=1S/C8H4BrCl/c9-6-5-7-3-1-2-4-8(7)10/h1-4H. The molecule has 0 saturated carbocycles. The maximum absolute atomic E-state index is 5.78. The Kier molecular flexibility index (Phi) is 2.80. The van der Waals surface area contributed by atoms with Gasteiger partial charge < -0.3 is 0 Å². The van der Waals surface area contributed by atoms with Crippen LogP contribution in [0.15, 0.2) is 24.3 Å². The van der Waals surface area contributed by atoms with Crippen LogP contribution in [-0.2, 0) is 0 Å². The molecule has 1 aromatic carbocycles. The molecule has 0 N–H and O–H groups in total. The summed E-state index contributed by atoms with van der Waals surface area (Å²) in [6, 6.07) is 7.46. The number of halogens is 2. The van der Waals surface area contributed by atoms with Crippen LogP contribution in [-0.4, -0.2) is 0 Å². The fourth-order valence-corrected chi connectivity index (χ4v) is 1.01. The van der Waals surface area contributed by atoms with Gasteiger partial charge in [-0.25, -0.2) is 0 Å². The SMILES string of the molecule is Clc1ccccc1C#CBr. The average Bonchev–Trinajstić information content (AvgIpc) is 1.94. The molecule has 10 heavy (non-hydrogen) atoms. The maximum Gasteiger partial charge on any atom is 0.0562 e. The van der Waals surface area contributed by atoms with Crippen molar-refractivity contribution in [2.45, 2.75) is 0 Å². The van der Waals surface area contributed by atoms with Gasteiger partial charge in [0, 0.05) is 21.5 Å². The van der Waals surface area contributed by atoms with Crippen molar-refractivity contribution in [2.24, 2.45) is 0 Å². The minimum absolute atomic E-state index is 0.689. The summed E-state index contributed by atoms with van der Waals surface area (Å²) in [7, 11) is 0. The van der Waals surface area contributed by atoms with E-state index in [-0.39, 0.29) is 0 Å². The van der Waals surface area contributed by atoms with E-state index in [1.807, 2.05) is 24.3 Å². The molecule has 1 aromatic rings. The highest BCUT2D eigenvalue weighted by Gasteiger charge is 1.91. The Morgan fingerprint density at radius 3 is 2.60 bits per heavy atom. The van der Waals surface area contributed by atoms with Gasteiger partial charge in [0.15, 0.2) is 0 Å². The molecular formula is C8H4BrCl. The van der Waals surface area contributed by atoms with Gasteiger partial charge in [0.05, 0.1) is 5.02 Å². The molecule has 50 valence electrons. The molecule has 0 unspecified atom stereocenters. The summed E-state index contributed by atoms with van der Waals surface area (Å²) in [4.78, 5) is 2.60. The molecule has 0 fully saturated rings. The number of benzene rings is 1. The lowest BCUT2D eigenvalue weighted by Gasteiger charge is -1.90. The lowest BCUT2D eigenvalue weighted by atomic mass is 10.2.